The Morgan fingerprint density at radius 2 is 1.95 bits per heavy atom. The van der Waals surface area contributed by atoms with Crippen LogP contribution in [0.4, 0.5) is 0 Å². The number of hydrogen-bond acceptors (Lipinski definition) is 3. The molecule has 2 N–H and O–H groups in total. The van der Waals surface area contributed by atoms with Gasteiger partial charge in [-0.15, -0.1) is 0 Å². The van der Waals surface area contributed by atoms with Gasteiger partial charge < -0.3 is 15.4 Å². The van der Waals surface area contributed by atoms with Gasteiger partial charge in [-0.2, -0.15) is 0 Å². The number of aryl methyl sites for hydroxylation is 1. The Bertz CT molecular complexity index is 536. The van der Waals surface area contributed by atoms with E-state index in [-0.39, 0.29) is 17.7 Å². The highest BCUT2D eigenvalue weighted by Crippen LogP contribution is 2.22. The molecule has 0 saturated carbocycles. The third kappa shape index (κ3) is 3.78. The number of nitrogens with zero attached hydrogens (tertiary/aromatic N) is 1. The lowest BCUT2D eigenvalue weighted by Gasteiger charge is -2.32. The van der Waals surface area contributed by atoms with E-state index in [0.29, 0.717) is 25.9 Å². The Morgan fingerprint density at radius 1 is 1.32 bits per heavy atom. The van der Waals surface area contributed by atoms with Crippen LogP contribution in [0.3, 0.4) is 0 Å². The maximum atomic E-state index is 12.5. The molecule has 2 rings (SSSR count). The summed E-state index contributed by atoms with van der Waals surface area (Å²) in [5, 5.41) is 0. The minimum atomic E-state index is -0.530. The van der Waals surface area contributed by atoms with Crippen LogP contribution < -0.4 is 10.5 Å². The second-order valence-electron chi connectivity index (χ2n) is 5.72. The molecule has 5 heteroatoms. The molecule has 1 aliphatic heterocycles. The second kappa shape index (κ2) is 7.29. The number of carbonyl (C=O) groups excluding carboxylic acids is 2. The molecule has 1 aromatic rings. The van der Waals surface area contributed by atoms with Crippen molar-refractivity contribution in [2.75, 3.05) is 13.1 Å². The van der Waals surface area contributed by atoms with Gasteiger partial charge in [-0.25, -0.2) is 0 Å². The normalized spacial score (nSPS) is 17.1. The molecule has 1 fully saturated rings. The quantitative estimate of drug-likeness (QED) is 0.900. The van der Waals surface area contributed by atoms with Crippen LogP contribution in [0.15, 0.2) is 24.3 Å². The first kappa shape index (κ1) is 16.3. The van der Waals surface area contributed by atoms with Crippen LogP contribution in [0.1, 0.15) is 32.3 Å². The highest BCUT2D eigenvalue weighted by atomic mass is 16.5. The van der Waals surface area contributed by atoms with Crippen LogP contribution in [0, 0.1) is 5.92 Å². The smallest absolute Gasteiger partial charge is 0.263 e. The van der Waals surface area contributed by atoms with Crippen molar-refractivity contribution in [3.8, 4) is 5.75 Å². The fraction of sp³-hybridized carbons (Fsp3) is 0.529. The Morgan fingerprint density at radius 3 is 2.55 bits per heavy atom. The van der Waals surface area contributed by atoms with Crippen molar-refractivity contribution in [2.24, 2.45) is 11.7 Å². The number of benzene rings is 1. The van der Waals surface area contributed by atoms with Crippen molar-refractivity contribution < 1.29 is 14.3 Å². The minimum Gasteiger partial charge on any atom is -0.481 e. The summed E-state index contributed by atoms with van der Waals surface area (Å²) in [6.45, 7) is 4.96. The summed E-state index contributed by atoms with van der Waals surface area (Å²) >= 11 is 0. The lowest BCUT2D eigenvalue weighted by atomic mass is 9.96. The van der Waals surface area contributed by atoms with Crippen molar-refractivity contribution in [3.63, 3.8) is 0 Å². The SMILES string of the molecule is CCc1ccccc1O[C@@H](C)C(=O)N1CCC(C(N)=O)CC1. The van der Waals surface area contributed by atoms with E-state index in [1.54, 1.807) is 11.8 Å². The molecule has 5 nitrogen and oxygen atoms in total. The maximum absolute atomic E-state index is 12.5. The molecule has 1 saturated heterocycles. The first-order valence-electron chi connectivity index (χ1n) is 7.85. The number of rotatable bonds is 5. The predicted octanol–water partition coefficient (Wildman–Crippen LogP) is 1.74. The van der Waals surface area contributed by atoms with Crippen LogP contribution >= 0.6 is 0 Å². The van der Waals surface area contributed by atoms with E-state index >= 15 is 0 Å². The number of likely N-dealkylation sites (tertiary alicyclic amines) is 1. The van der Waals surface area contributed by atoms with Crippen LogP contribution in [0.5, 0.6) is 5.75 Å². The molecule has 120 valence electrons. The van der Waals surface area contributed by atoms with Gasteiger partial charge in [0.1, 0.15) is 5.75 Å². The summed E-state index contributed by atoms with van der Waals surface area (Å²) in [7, 11) is 0. The molecule has 22 heavy (non-hydrogen) atoms. The molecule has 1 aliphatic rings. The minimum absolute atomic E-state index is 0.0335. The number of nitrogens with two attached hydrogens (primary N) is 1. The first-order chi connectivity index (χ1) is 10.5. The Kier molecular flexibility index (Phi) is 5.41. The average molecular weight is 304 g/mol. The Balaban J connectivity index is 1.94. The van der Waals surface area contributed by atoms with E-state index in [1.807, 2.05) is 24.3 Å². The van der Waals surface area contributed by atoms with Gasteiger partial charge in [0.25, 0.3) is 5.91 Å². The van der Waals surface area contributed by atoms with Gasteiger partial charge >= 0.3 is 0 Å². The number of ether oxygens (including phenoxy) is 1. The maximum Gasteiger partial charge on any atom is 0.263 e. The molecule has 2 amide bonds. The zero-order valence-corrected chi connectivity index (χ0v) is 13.2. The summed E-state index contributed by atoms with van der Waals surface area (Å²) in [5.74, 6) is 0.348. The van der Waals surface area contributed by atoms with Crippen LogP contribution in [0.25, 0.3) is 0 Å². The van der Waals surface area contributed by atoms with E-state index in [4.69, 9.17) is 10.5 Å². The van der Waals surface area contributed by atoms with Crippen LogP contribution in [-0.4, -0.2) is 35.9 Å². The number of para-hydroxylation sites is 1. The number of piperidine rings is 1. The summed E-state index contributed by atoms with van der Waals surface area (Å²) < 4.78 is 5.84. The third-order valence-corrected chi connectivity index (χ3v) is 4.21. The van der Waals surface area contributed by atoms with E-state index in [2.05, 4.69) is 6.92 Å². The second-order valence-corrected chi connectivity index (χ2v) is 5.72. The average Bonchev–Trinajstić information content (AvgIpc) is 2.54. The molecular weight excluding hydrogens is 280 g/mol. The summed E-state index contributed by atoms with van der Waals surface area (Å²) in [6, 6.07) is 7.77. The summed E-state index contributed by atoms with van der Waals surface area (Å²) in [5.41, 5.74) is 6.41. The van der Waals surface area contributed by atoms with Gasteiger partial charge in [0, 0.05) is 19.0 Å². The van der Waals surface area contributed by atoms with E-state index < -0.39 is 6.10 Å². The Hall–Kier alpha value is -2.04. The predicted molar refractivity (Wildman–Crippen MR) is 84.4 cm³/mol. The van der Waals surface area contributed by atoms with Crippen molar-refractivity contribution in [1.29, 1.82) is 0 Å². The van der Waals surface area contributed by atoms with Gasteiger partial charge in [0.15, 0.2) is 6.10 Å². The molecule has 0 bridgehead atoms. The highest BCUT2D eigenvalue weighted by Gasteiger charge is 2.29. The van der Waals surface area contributed by atoms with Gasteiger partial charge in [-0.3, -0.25) is 9.59 Å². The number of amides is 2. The van der Waals surface area contributed by atoms with Gasteiger partial charge in [-0.05, 0) is 37.8 Å². The fourth-order valence-corrected chi connectivity index (χ4v) is 2.79. The molecular formula is C17H24N2O3. The zero-order chi connectivity index (χ0) is 16.1. The molecule has 1 atom stereocenters. The summed E-state index contributed by atoms with van der Waals surface area (Å²) in [4.78, 5) is 25.4. The molecule has 0 aromatic heterocycles. The monoisotopic (exact) mass is 304 g/mol. The fourth-order valence-electron chi connectivity index (χ4n) is 2.79. The van der Waals surface area contributed by atoms with Gasteiger partial charge in [-0.1, -0.05) is 25.1 Å². The first-order valence-corrected chi connectivity index (χ1v) is 7.85. The lowest BCUT2D eigenvalue weighted by molar-refractivity contribution is -0.140. The standard InChI is InChI=1S/C17H24N2O3/c1-3-13-6-4-5-7-15(13)22-12(2)17(21)19-10-8-14(9-11-19)16(18)20/h4-7,12,14H,3,8-11H2,1-2H3,(H2,18,20)/t12-/m0/s1. The molecule has 0 radical (unpaired) electrons. The van der Waals surface area contributed by atoms with Gasteiger partial charge in [0.05, 0.1) is 0 Å². The number of primary amides is 1. The van der Waals surface area contributed by atoms with Crippen LogP contribution in [-0.2, 0) is 16.0 Å². The number of hydrogen-bond donors (Lipinski definition) is 1. The largest absolute Gasteiger partial charge is 0.481 e. The third-order valence-electron chi connectivity index (χ3n) is 4.21. The van der Waals surface area contributed by atoms with Crippen LogP contribution in [0.2, 0.25) is 0 Å². The molecule has 1 heterocycles. The number of carbonyl (C=O) groups is 2. The van der Waals surface area contributed by atoms with Crippen molar-refractivity contribution in [3.05, 3.63) is 29.8 Å². The lowest BCUT2D eigenvalue weighted by Crippen LogP contribution is -2.46. The van der Waals surface area contributed by atoms with E-state index in [0.717, 1.165) is 17.7 Å². The summed E-state index contributed by atoms with van der Waals surface area (Å²) in [6.07, 6.45) is 1.61. The molecule has 0 unspecified atom stereocenters. The molecule has 0 aliphatic carbocycles. The van der Waals surface area contributed by atoms with E-state index in [9.17, 15) is 9.59 Å². The zero-order valence-electron chi connectivity index (χ0n) is 13.2. The molecule has 0 spiro atoms. The van der Waals surface area contributed by atoms with Crippen molar-refractivity contribution >= 4 is 11.8 Å². The highest BCUT2D eigenvalue weighted by molar-refractivity contribution is 5.82. The molecule has 1 aromatic carbocycles. The van der Waals surface area contributed by atoms with Gasteiger partial charge in [0.2, 0.25) is 5.91 Å². The Labute approximate surface area is 131 Å². The van der Waals surface area contributed by atoms with Crippen molar-refractivity contribution in [2.45, 2.75) is 39.2 Å². The van der Waals surface area contributed by atoms with Crippen molar-refractivity contribution in [1.82, 2.24) is 4.90 Å². The topological polar surface area (TPSA) is 72.6 Å². The van der Waals surface area contributed by atoms with E-state index in [1.165, 1.54) is 0 Å².